The van der Waals surface area contributed by atoms with Gasteiger partial charge in [0.05, 0.1) is 18.4 Å². The van der Waals surface area contributed by atoms with Gasteiger partial charge in [-0.2, -0.15) is 5.10 Å². The van der Waals surface area contributed by atoms with Gasteiger partial charge in [0.25, 0.3) is 0 Å². The Hall–Kier alpha value is -1.52. The molecule has 2 unspecified atom stereocenters. The van der Waals surface area contributed by atoms with E-state index in [-0.39, 0.29) is 5.91 Å². The third kappa shape index (κ3) is 2.21. The minimum absolute atomic E-state index is 0.243. The fourth-order valence-electron chi connectivity index (χ4n) is 3.29. The number of nitrogens with two attached hydrogens (primary N) is 1. The maximum absolute atomic E-state index is 12.0. The molecule has 0 aromatic carbocycles. The van der Waals surface area contributed by atoms with Gasteiger partial charge in [0.15, 0.2) is 0 Å². The lowest BCUT2D eigenvalue weighted by molar-refractivity contribution is -0.122. The molecule has 1 heterocycles. The van der Waals surface area contributed by atoms with Crippen LogP contribution in [0, 0.1) is 17.8 Å². The number of fused-ring (bicyclic) bond motifs is 1. The van der Waals surface area contributed by atoms with Gasteiger partial charge >= 0.3 is 0 Å². The highest BCUT2D eigenvalue weighted by molar-refractivity contribution is 5.82. The maximum atomic E-state index is 12.0. The van der Waals surface area contributed by atoms with Crippen molar-refractivity contribution in [2.75, 3.05) is 12.3 Å². The predicted octanol–water partition coefficient (Wildman–Crippen LogP) is 1.02. The first kappa shape index (κ1) is 11.6. The molecule has 2 saturated carbocycles. The second-order valence-electron chi connectivity index (χ2n) is 5.47. The van der Waals surface area contributed by atoms with Crippen LogP contribution >= 0.6 is 0 Å². The topological polar surface area (TPSA) is 72.9 Å². The molecule has 0 spiro atoms. The summed E-state index contributed by atoms with van der Waals surface area (Å²) in [6.07, 6.45) is 8.51. The molecule has 2 fully saturated rings. The Morgan fingerprint density at radius 1 is 1.44 bits per heavy atom. The molecule has 18 heavy (non-hydrogen) atoms. The fourth-order valence-corrected chi connectivity index (χ4v) is 3.29. The highest BCUT2D eigenvalue weighted by Crippen LogP contribution is 2.55. The maximum Gasteiger partial charge on any atom is 0.223 e. The number of carbonyl (C=O) groups is 1. The van der Waals surface area contributed by atoms with Gasteiger partial charge < -0.3 is 11.1 Å². The van der Waals surface area contributed by atoms with Gasteiger partial charge in [0.1, 0.15) is 0 Å². The van der Waals surface area contributed by atoms with Crippen LogP contribution in [-0.2, 0) is 11.3 Å². The predicted molar refractivity (Wildman–Crippen MR) is 68.6 cm³/mol. The number of anilines is 1. The summed E-state index contributed by atoms with van der Waals surface area (Å²) in [5, 5.41) is 7.10. The van der Waals surface area contributed by atoms with Crippen LogP contribution in [0.3, 0.4) is 0 Å². The summed E-state index contributed by atoms with van der Waals surface area (Å²) in [5.74, 6) is 1.90. The molecule has 0 aliphatic heterocycles. The summed E-state index contributed by atoms with van der Waals surface area (Å²) in [7, 11) is 0. The lowest BCUT2D eigenvalue weighted by Gasteiger charge is -2.04. The first-order valence-electron chi connectivity index (χ1n) is 6.81. The molecule has 2 aliphatic rings. The van der Waals surface area contributed by atoms with Crippen molar-refractivity contribution in [3.8, 4) is 0 Å². The van der Waals surface area contributed by atoms with Gasteiger partial charge in [-0.1, -0.05) is 12.8 Å². The van der Waals surface area contributed by atoms with E-state index in [0.29, 0.717) is 36.5 Å². The average Bonchev–Trinajstić information content (AvgIpc) is 2.97. The Morgan fingerprint density at radius 2 is 2.17 bits per heavy atom. The summed E-state index contributed by atoms with van der Waals surface area (Å²) in [6, 6.07) is 0. The van der Waals surface area contributed by atoms with E-state index in [1.165, 1.54) is 25.7 Å². The van der Waals surface area contributed by atoms with Crippen LogP contribution in [-0.4, -0.2) is 22.2 Å². The summed E-state index contributed by atoms with van der Waals surface area (Å²) in [5.41, 5.74) is 6.24. The SMILES string of the molecule is Nc1cnn(CCNC(=O)C2C3CCCCC32)c1. The zero-order chi connectivity index (χ0) is 12.5. The molecule has 5 heteroatoms. The van der Waals surface area contributed by atoms with Crippen LogP contribution in [0.5, 0.6) is 0 Å². The molecule has 3 N–H and O–H groups in total. The first-order valence-corrected chi connectivity index (χ1v) is 6.81. The fraction of sp³-hybridized carbons (Fsp3) is 0.692. The highest BCUT2D eigenvalue weighted by atomic mass is 16.2. The van der Waals surface area contributed by atoms with Crippen molar-refractivity contribution in [2.45, 2.75) is 32.2 Å². The molecule has 1 amide bonds. The number of hydrogen-bond acceptors (Lipinski definition) is 3. The van der Waals surface area contributed by atoms with E-state index >= 15 is 0 Å². The molecule has 1 aromatic rings. The number of nitrogen functional groups attached to an aromatic ring is 1. The van der Waals surface area contributed by atoms with Crippen LogP contribution in [0.1, 0.15) is 25.7 Å². The van der Waals surface area contributed by atoms with Gasteiger partial charge in [-0.05, 0) is 24.7 Å². The first-order chi connectivity index (χ1) is 8.75. The molecule has 0 saturated heterocycles. The van der Waals surface area contributed by atoms with E-state index in [1.807, 2.05) is 0 Å². The van der Waals surface area contributed by atoms with E-state index in [2.05, 4.69) is 10.4 Å². The van der Waals surface area contributed by atoms with Gasteiger partial charge in [-0.25, -0.2) is 0 Å². The van der Waals surface area contributed by atoms with Gasteiger partial charge in [0.2, 0.25) is 5.91 Å². The molecule has 2 aliphatic carbocycles. The van der Waals surface area contributed by atoms with Crippen LogP contribution < -0.4 is 11.1 Å². The third-order valence-corrected chi connectivity index (χ3v) is 4.25. The van der Waals surface area contributed by atoms with Crippen molar-refractivity contribution < 1.29 is 4.79 Å². The van der Waals surface area contributed by atoms with Crippen molar-refractivity contribution in [1.82, 2.24) is 15.1 Å². The Bertz CT molecular complexity index is 430. The van der Waals surface area contributed by atoms with Crippen molar-refractivity contribution in [1.29, 1.82) is 0 Å². The van der Waals surface area contributed by atoms with Crippen molar-refractivity contribution in [3.05, 3.63) is 12.4 Å². The Labute approximate surface area is 107 Å². The Morgan fingerprint density at radius 3 is 2.78 bits per heavy atom. The second kappa shape index (κ2) is 4.63. The monoisotopic (exact) mass is 248 g/mol. The number of amides is 1. The van der Waals surface area contributed by atoms with Crippen molar-refractivity contribution in [3.63, 3.8) is 0 Å². The lowest BCUT2D eigenvalue weighted by atomic mass is 10.0. The average molecular weight is 248 g/mol. The quantitative estimate of drug-likeness (QED) is 0.835. The standard InChI is InChI=1S/C13H20N4O/c14-9-7-16-17(8-9)6-5-15-13(18)12-10-3-1-2-4-11(10)12/h7-8,10-12H,1-6,14H2,(H,15,18). The summed E-state index contributed by atoms with van der Waals surface area (Å²) >= 11 is 0. The van der Waals surface area contributed by atoms with Gasteiger partial charge in [-0.3, -0.25) is 9.48 Å². The molecule has 0 bridgehead atoms. The van der Waals surface area contributed by atoms with Crippen LogP contribution in [0.4, 0.5) is 5.69 Å². The number of nitrogens with zero attached hydrogens (tertiary/aromatic N) is 2. The Balaban J connectivity index is 1.42. The highest BCUT2D eigenvalue weighted by Gasteiger charge is 2.54. The summed E-state index contributed by atoms with van der Waals surface area (Å²) < 4.78 is 1.76. The molecule has 3 rings (SSSR count). The van der Waals surface area contributed by atoms with E-state index in [1.54, 1.807) is 17.1 Å². The number of hydrogen-bond donors (Lipinski definition) is 2. The molecule has 2 atom stereocenters. The lowest BCUT2D eigenvalue weighted by Crippen LogP contribution is -2.29. The minimum Gasteiger partial charge on any atom is -0.396 e. The smallest absolute Gasteiger partial charge is 0.223 e. The number of nitrogens with one attached hydrogen (secondary N) is 1. The zero-order valence-electron chi connectivity index (χ0n) is 10.5. The van der Waals surface area contributed by atoms with E-state index in [0.717, 1.165) is 0 Å². The summed E-state index contributed by atoms with van der Waals surface area (Å²) in [6.45, 7) is 1.32. The normalized spacial score (nSPS) is 29.7. The van der Waals surface area contributed by atoms with Gasteiger partial charge in [0, 0.05) is 18.7 Å². The summed E-state index contributed by atoms with van der Waals surface area (Å²) in [4.78, 5) is 12.0. The minimum atomic E-state index is 0.243. The number of rotatable bonds is 4. The second-order valence-corrected chi connectivity index (χ2v) is 5.47. The van der Waals surface area contributed by atoms with E-state index < -0.39 is 0 Å². The largest absolute Gasteiger partial charge is 0.396 e. The van der Waals surface area contributed by atoms with E-state index in [9.17, 15) is 4.79 Å². The molecule has 5 nitrogen and oxygen atoms in total. The van der Waals surface area contributed by atoms with Gasteiger partial charge in [-0.15, -0.1) is 0 Å². The third-order valence-electron chi connectivity index (χ3n) is 4.25. The number of carbonyl (C=O) groups excluding carboxylic acids is 1. The van der Waals surface area contributed by atoms with Crippen LogP contribution in [0.15, 0.2) is 12.4 Å². The molecular weight excluding hydrogens is 228 g/mol. The van der Waals surface area contributed by atoms with E-state index in [4.69, 9.17) is 5.73 Å². The molecular formula is C13H20N4O. The van der Waals surface area contributed by atoms with Crippen molar-refractivity contribution >= 4 is 11.6 Å². The van der Waals surface area contributed by atoms with Crippen molar-refractivity contribution in [2.24, 2.45) is 17.8 Å². The molecule has 1 aromatic heterocycles. The van der Waals surface area contributed by atoms with Crippen LogP contribution in [0.25, 0.3) is 0 Å². The Kier molecular flexibility index (Phi) is 2.97. The van der Waals surface area contributed by atoms with Crippen LogP contribution in [0.2, 0.25) is 0 Å². The molecule has 0 radical (unpaired) electrons. The molecule has 98 valence electrons. The number of aromatic nitrogens is 2. The zero-order valence-corrected chi connectivity index (χ0v) is 10.5.